The van der Waals surface area contributed by atoms with Crippen molar-refractivity contribution < 1.29 is 18.0 Å². The first kappa shape index (κ1) is 19.8. The highest BCUT2D eigenvalue weighted by atomic mass is 35.5. The average Bonchev–Trinajstić information content (AvgIpc) is 2.94. The molecule has 2 rings (SSSR count). The third-order valence-electron chi connectivity index (χ3n) is 3.65. The lowest BCUT2D eigenvalue weighted by Crippen LogP contribution is -2.28. The van der Waals surface area contributed by atoms with E-state index in [0.717, 1.165) is 12.5 Å². The summed E-state index contributed by atoms with van der Waals surface area (Å²) in [5, 5.41) is -0.360. The van der Waals surface area contributed by atoms with E-state index in [0.29, 0.717) is 25.6 Å². The zero-order valence-electron chi connectivity index (χ0n) is 12.1. The number of carbonyl (C=O) groups excluding carboxylic acids is 1. The average molecular weight is 369 g/mol. The molecular formula is C15H17Cl2F3N2O. The maximum Gasteiger partial charge on any atom is 0.417 e. The largest absolute Gasteiger partial charge is 0.417 e. The van der Waals surface area contributed by atoms with E-state index in [-0.39, 0.29) is 28.9 Å². The number of nitrogens with two attached hydrogens (primary N) is 1. The third kappa shape index (κ3) is 5.12. The van der Waals surface area contributed by atoms with E-state index in [4.69, 9.17) is 17.3 Å². The molecule has 1 amide bonds. The van der Waals surface area contributed by atoms with E-state index in [1.54, 1.807) is 4.90 Å². The third-order valence-corrected chi connectivity index (χ3v) is 3.97. The van der Waals surface area contributed by atoms with E-state index in [1.165, 1.54) is 24.3 Å². The summed E-state index contributed by atoms with van der Waals surface area (Å²) in [6, 6.07) is 3.54. The maximum absolute atomic E-state index is 12.8. The highest BCUT2D eigenvalue weighted by Gasteiger charge is 2.33. The quantitative estimate of drug-likeness (QED) is 0.828. The summed E-state index contributed by atoms with van der Waals surface area (Å²) >= 11 is 5.55. The van der Waals surface area contributed by atoms with Crippen LogP contribution in [-0.4, -0.2) is 30.4 Å². The van der Waals surface area contributed by atoms with Crippen molar-refractivity contribution in [2.24, 2.45) is 11.7 Å². The van der Waals surface area contributed by atoms with Crippen molar-refractivity contribution in [2.75, 3.05) is 19.6 Å². The van der Waals surface area contributed by atoms with Crippen LogP contribution in [0.5, 0.6) is 0 Å². The van der Waals surface area contributed by atoms with Gasteiger partial charge in [-0.25, -0.2) is 0 Å². The predicted molar refractivity (Wildman–Crippen MR) is 86.5 cm³/mol. The molecule has 0 spiro atoms. The molecule has 1 fully saturated rings. The molecule has 1 heterocycles. The van der Waals surface area contributed by atoms with Crippen LogP contribution in [0.15, 0.2) is 24.3 Å². The molecule has 8 heteroatoms. The van der Waals surface area contributed by atoms with E-state index < -0.39 is 11.7 Å². The number of carbonyl (C=O) groups is 1. The SMILES string of the molecule is Cl.NCC1CCN(C(=O)C=Cc2ccc(Cl)c(C(F)(F)F)c2)C1. The van der Waals surface area contributed by atoms with Crippen molar-refractivity contribution >= 4 is 36.0 Å². The smallest absolute Gasteiger partial charge is 0.339 e. The molecule has 1 atom stereocenters. The van der Waals surface area contributed by atoms with Crippen LogP contribution in [0.25, 0.3) is 6.08 Å². The summed E-state index contributed by atoms with van der Waals surface area (Å²) in [7, 11) is 0. The first-order chi connectivity index (χ1) is 10.3. The molecule has 1 unspecified atom stereocenters. The summed E-state index contributed by atoms with van der Waals surface area (Å²) in [5.74, 6) is 0.0733. The zero-order chi connectivity index (χ0) is 16.3. The summed E-state index contributed by atoms with van der Waals surface area (Å²) in [4.78, 5) is 13.6. The van der Waals surface area contributed by atoms with Gasteiger partial charge in [-0.05, 0) is 42.7 Å². The van der Waals surface area contributed by atoms with Crippen LogP contribution in [0.4, 0.5) is 13.2 Å². The van der Waals surface area contributed by atoms with Crippen molar-refractivity contribution in [3.8, 4) is 0 Å². The van der Waals surface area contributed by atoms with Crippen LogP contribution in [0.1, 0.15) is 17.5 Å². The highest BCUT2D eigenvalue weighted by Crippen LogP contribution is 2.35. The Morgan fingerprint density at radius 1 is 1.43 bits per heavy atom. The van der Waals surface area contributed by atoms with Crippen LogP contribution in [-0.2, 0) is 11.0 Å². The number of hydrogen-bond acceptors (Lipinski definition) is 2. The molecule has 1 aliphatic heterocycles. The Morgan fingerprint density at radius 2 is 2.13 bits per heavy atom. The fraction of sp³-hybridized carbons (Fsp3) is 0.400. The molecule has 1 aromatic carbocycles. The highest BCUT2D eigenvalue weighted by molar-refractivity contribution is 6.31. The maximum atomic E-state index is 12.8. The van der Waals surface area contributed by atoms with Gasteiger partial charge in [-0.1, -0.05) is 17.7 Å². The number of amides is 1. The first-order valence-corrected chi connectivity index (χ1v) is 7.23. The minimum atomic E-state index is -4.52. The number of halogens is 5. The lowest BCUT2D eigenvalue weighted by atomic mass is 10.1. The molecule has 0 saturated carbocycles. The topological polar surface area (TPSA) is 46.3 Å². The monoisotopic (exact) mass is 368 g/mol. The van der Waals surface area contributed by atoms with E-state index in [9.17, 15) is 18.0 Å². The Hall–Kier alpha value is -1.24. The Morgan fingerprint density at radius 3 is 2.70 bits per heavy atom. The minimum absolute atomic E-state index is 0. The molecule has 0 aromatic heterocycles. The van der Waals surface area contributed by atoms with E-state index in [1.807, 2.05) is 0 Å². The van der Waals surface area contributed by atoms with Gasteiger partial charge in [-0.3, -0.25) is 4.79 Å². The van der Waals surface area contributed by atoms with Gasteiger partial charge in [0.2, 0.25) is 5.91 Å². The van der Waals surface area contributed by atoms with Gasteiger partial charge in [-0.2, -0.15) is 13.2 Å². The van der Waals surface area contributed by atoms with Crippen molar-refractivity contribution in [3.05, 3.63) is 40.4 Å². The summed E-state index contributed by atoms with van der Waals surface area (Å²) in [6.07, 6.45) is -1.02. The molecule has 0 radical (unpaired) electrons. The number of likely N-dealkylation sites (tertiary alicyclic amines) is 1. The van der Waals surface area contributed by atoms with Crippen LogP contribution in [0.2, 0.25) is 5.02 Å². The number of rotatable bonds is 3. The van der Waals surface area contributed by atoms with Crippen molar-refractivity contribution in [1.29, 1.82) is 0 Å². The van der Waals surface area contributed by atoms with Crippen molar-refractivity contribution in [2.45, 2.75) is 12.6 Å². The van der Waals surface area contributed by atoms with E-state index >= 15 is 0 Å². The van der Waals surface area contributed by atoms with Gasteiger partial charge in [0.1, 0.15) is 0 Å². The van der Waals surface area contributed by atoms with Gasteiger partial charge in [-0.15, -0.1) is 12.4 Å². The van der Waals surface area contributed by atoms with Crippen LogP contribution < -0.4 is 5.73 Å². The Labute approximate surface area is 143 Å². The Balaban J connectivity index is 0.00000264. The molecular weight excluding hydrogens is 352 g/mol. The van der Waals surface area contributed by atoms with Gasteiger partial charge in [0, 0.05) is 19.2 Å². The summed E-state index contributed by atoms with van der Waals surface area (Å²) < 4.78 is 38.3. The molecule has 2 N–H and O–H groups in total. The fourth-order valence-electron chi connectivity index (χ4n) is 2.36. The second-order valence-electron chi connectivity index (χ2n) is 5.25. The molecule has 1 aromatic rings. The van der Waals surface area contributed by atoms with Crippen LogP contribution in [0.3, 0.4) is 0 Å². The second kappa shape index (κ2) is 8.04. The predicted octanol–water partition coefficient (Wildman–Crippen LogP) is 3.60. The van der Waals surface area contributed by atoms with Crippen LogP contribution >= 0.6 is 24.0 Å². The van der Waals surface area contributed by atoms with Crippen LogP contribution in [0, 0.1) is 5.92 Å². The molecule has 3 nitrogen and oxygen atoms in total. The molecule has 0 aliphatic carbocycles. The molecule has 1 aliphatic rings. The number of nitrogens with zero attached hydrogens (tertiary/aromatic N) is 1. The molecule has 128 valence electrons. The standard InChI is InChI=1S/C15H16ClF3N2O.ClH/c16-13-3-1-10(7-12(13)15(17,18)19)2-4-14(22)21-6-5-11(8-20)9-21;/h1-4,7,11H,5-6,8-9,20H2;1H. The Bertz CT molecular complexity index is 591. The lowest BCUT2D eigenvalue weighted by Gasteiger charge is -2.13. The van der Waals surface area contributed by atoms with Crippen molar-refractivity contribution in [3.63, 3.8) is 0 Å². The molecule has 0 bridgehead atoms. The van der Waals surface area contributed by atoms with Gasteiger partial charge < -0.3 is 10.6 Å². The van der Waals surface area contributed by atoms with Gasteiger partial charge in [0.05, 0.1) is 10.6 Å². The second-order valence-corrected chi connectivity index (χ2v) is 5.65. The zero-order valence-corrected chi connectivity index (χ0v) is 13.7. The fourth-order valence-corrected chi connectivity index (χ4v) is 2.59. The first-order valence-electron chi connectivity index (χ1n) is 6.85. The van der Waals surface area contributed by atoms with Gasteiger partial charge >= 0.3 is 6.18 Å². The normalized spacial score (nSPS) is 18.3. The lowest BCUT2D eigenvalue weighted by molar-refractivity contribution is -0.137. The summed E-state index contributed by atoms with van der Waals surface area (Å²) in [5.41, 5.74) is 4.93. The van der Waals surface area contributed by atoms with Gasteiger partial charge in [0.25, 0.3) is 0 Å². The van der Waals surface area contributed by atoms with Crippen molar-refractivity contribution in [1.82, 2.24) is 4.90 Å². The number of alkyl halides is 3. The molecule has 1 saturated heterocycles. The summed E-state index contributed by atoms with van der Waals surface area (Å²) in [6.45, 7) is 1.74. The number of hydrogen-bond donors (Lipinski definition) is 1. The Kier molecular flexibility index (Phi) is 6.92. The molecule has 23 heavy (non-hydrogen) atoms. The van der Waals surface area contributed by atoms with E-state index in [2.05, 4.69) is 0 Å². The number of benzene rings is 1. The van der Waals surface area contributed by atoms with Gasteiger partial charge in [0.15, 0.2) is 0 Å². The minimum Gasteiger partial charge on any atom is -0.339 e.